The topological polar surface area (TPSA) is 52.3 Å². The van der Waals surface area contributed by atoms with E-state index in [1.807, 2.05) is 25.1 Å². The molecule has 3 heteroatoms. The van der Waals surface area contributed by atoms with E-state index in [9.17, 15) is 4.79 Å². The van der Waals surface area contributed by atoms with Crippen molar-refractivity contribution in [1.29, 1.82) is 0 Å². The van der Waals surface area contributed by atoms with Crippen molar-refractivity contribution in [3.8, 4) is 5.75 Å². The standard InChI is InChI=1S/C11H13NO2/c1-8-7-10(14-2)5-3-9(8)4-6-11(12)13/h3-7H,1-2H3,(H2,12,13)/b6-4+. The van der Waals surface area contributed by atoms with E-state index < -0.39 is 5.91 Å². The first-order valence-electron chi connectivity index (χ1n) is 4.25. The van der Waals surface area contributed by atoms with Crippen molar-refractivity contribution < 1.29 is 9.53 Å². The van der Waals surface area contributed by atoms with Gasteiger partial charge in [-0.05, 0) is 36.3 Å². The van der Waals surface area contributed by atoms with Crippen molar-refractivity contribution in [3.05, 3.63) is 35.4 Å². The predicted octanol–water partition coefficient (Wildman–Crippen LogP) is 1.50. The number of benzene rings is 1. The Hall–Kier alpha value is -1.77. The Bertz CT molecular complexity index is 370. The fourth-order valence-corrected chi connectivity index (χ4v) is 1.13. The second-order valence-corrected chi connectivity index (χ2v) is 2.96. The van der Waals surface area contributed by atoms with Crippen LogP contribution in [0.5, 0.6) is 5.75 Å². The molecule has 3 nitrogen and oxygen atoms in total. The van der Waals surface area contributed by atoms with Gasteiger partial charge in [0.1, 0.15) is 5.75 Å². The second kappa shape index (κ2) is 4.46. The maximum absolute atomic E-state index is 10.5. The van der Waals surface area contributed by atoms with Gasteiger partial charge in [0.05, 0.1) is 7.11 Å². The average molecular weight is 191 g/mol. The minimum atomic E-state index is -0.444. The average Bonchev–Trinajstić information content (AvgIpc) is 2.15. The number of primary amides is 1. The number of amides is 1. The van der Waals surface area contributed by atoms with Gasteiger partial charge in [-0.3, -0.25) is 4.79 Å². The summed E-state index contributed by atoms with van der Waals surface area (Å²) in [5, 5.41) is 0. The quantitative estimate of drug-likeness (QED) is 0.736. The number of carbonyl (C=O) groups is 1. The number of carbonyl (C=O) groups excluding carboxylic acids is 1. The smallest absolute Gasteiger partial charge is 0.241 e. The van der Waals surface area contributed by atoms with Crippen molar-refractivity contribution in [2.75, 3.05) is 7.11 Å². The highest BCUT2D eigenvalue weighted by Crippen LogP contribution is 2.17. The number of ether oxygens (including phenoxy) is 1. The summed E-state index contributed by atoms with van der Waals surface area (Å²) < 4.78 is 5.06. The highest BCUT2D eigenvalue weighted by molar-refractivity contribution is 5.90. The van der Waals surface area contributed by atoms with Crippen LogP contribution >= 0.6 is 0 Å². The van der Waals surface area contributed by atoms with E-state index in [2.05, 4.69) is 0 Å². The molecule has 1 aromatic carbocycles. The molecule has 0 aliphatic rings. The summed E-state index contributed by atoms with van der Waals surface area (Å²) in [5.41, 5.74) is 7.00. The van der Waals surface area contributed by atoms with E-state index in [0.717, 1.165) is 16.9 Å². The Balaban J connectivity index is 2.94. The highest BCUT2D eigenvalue weighted by Gasteiger charge is 1.96. The molecule has 0 atom stereocenters. The van der Waals surface area contributed by atoms with Gasteiger partial charge in [0, 0.05) is 6.08 Å². The van der Waals surface area contributed by atoms with Crippen LogP contribution in [0.4, 0.5) is 0 Å². The van der Waals surface area contributed by atoms with Crippen LogP contribution in [-0.4, -0.2) is 13.0 Å². The fraction of sp³-hybridized carbons (Fsp3) is 0.182. The molecule has 0 aromatic heterocycles. The Morgan fingerprint density at radius 2 is 2.21 bits per heavy atom. The molecule has 0 radical (unpaired) electrons. The zero-order valence-corrected chi connectivity index (χ0v) is 8.28. The molecule has 14 heavy (non-hydrogen) atoms. The van der Waals surface area contributed by atoms with Gasteiger partial charge < -0.3 is 10.5 Å². The lowest BCUT2D eigenvalue weighted by molar-refractivity contribution is -0.113. The van der Waals surface area contributed by atoms with Gasteiger partial charge >= 0.3 is 0 Å². The van der Waals surface area contributed by atoms with Gasteiger partial charge in [0.2, 0.25) is 5.91 Å². The minimum absolute atomic E-state index is 0.444. The van der Waals surface area contributed by atoms with Gasteiger partial charge in [0.25, 0.3) is 0 Å². The molecule has 0 spiro atoms. The molecule has 1 aromatic rings. The molecule has 0 fully saturated rings. The third kappa shape index (κ3) is 2.62. The van der Waals surface area contributed by atoms with Crippen molar-refractivity contribution in [1.82, 2.24) is 0 Å². The number of hydrogen-bond acceptors (Lipinski definition) is 2. The maximum atomic E-state index is 10.5. The van der Waals surface area contributed by atoms with Crippen LogP contribution in [-0.2, 0) is 4.79 Å². The fourth-order valence-electron chi connectivity index (χ4n) is 1.13. The van der Waals surface area contributed by atoms with Crippen LogP contribution in [0.1, 0.15) is 11.1 Å². The van der Waals surface area contributed by atoms with Gasteiger partial charge in [-0.15, -0.1) is 0 Å². The normalized spacial score (nSPS) is 10.4. The van der Waals surface area contributed by atoms with Crippen molar-refractivity contribution in [2.24, 2.45) is 5.73 Å². The van der Waals surface area contributed by atoms with Crippen molar-refractivity contribution >= 4 is 12.0 Å². The zero-order chi connectivity index (χ0) is 10.6. The summed E-state index contributed by atoms with van der Waals surface area (Å²) in [6.07, 6.45) is 3.03. The Kier molecular flexibility index (Phi) is 3.29. The van der Waals surface area contributed by atoms with Gasteiger partial charge in [-0.1, -0.05) is 6.07 Å². The summed E-state index contributed by atoms with van der Waals surface area (Å²) in [4.78, 5) is 10.5. The summed E-state index contributed by atoms with van der Waals surface area (Å²) in [7, 11) is 1.62. The largest absolute Gasteiger partial charge is 0.497 e. The first-order valence-corrected chi connectivity index (χ1v) is 4.25. The highest BCUT2D eigenvalue weighted by atomic mass is 16.5. The maximum Gasteiger partial charge on any atom is 0.241 e. The summed E-state index contributed by atoms with van der Waals surface area (Å²) >= 11 is 0. The molecular weight excluding hydrogens is 178 g/mol. The molecule has 0 aliphatic carbocycles. The SMILES string of the molecule is COc1ccc(/C=C/C(N)=O)c(C)c1. The van der Waals surface area contributed by atoms with E-state index in [1.54, 1.807) is 13.2 Å². The Morgan fingerprint density at radius 3 is 2.71 bits per heavy atom. The molecule has 0 heterocycles. The molecule has 0 unspecified atom stereocenters. The molecule has 0 bridgehead atoms. The van der Waals surface area contributed by atoms with Gasteiger partial charge in [0.15, 0.2) is 0 Å². The van der Waals surface area contributed by atoms with Gasteiger partial charge in [-0.25, -0.2) is 0 Å². The van der Waals surface area contributed by atoms with Crippen LogP contribution in [0, 0.1) is 6.92 Å². The molecular formula is C11H13NO2. The lowest BCUT2D eigenvalue weighted by Gasteiger charge is -2.03. The summed E-state index contributed by atoms with van der Waals surface area (Å²) in [6.45, 7) is 1.95. The van der Waals surface area contributed by atoms with E-state index >= 15 is 0 Å². The van der Waals surface area contributed by atoms with Crippen LogP contribution < -0.4 is 10.5 Å². The third-order valence-electron chi connectivity index (χ3n) is 1.90. The predicted molar refractivity (Wildman–Crippen MR) is 56.0 cm³/mol. The van der Waals surface area contributed by atoms with E-state index in [-0.39, 0.29) is 0 Å². The van der Waals surface area contributed by atoms with Crippen molar-refractivity contribution in [3.63, 3.8) is 0 Å². The number of methoxy groups -OCH3 is 1. The first-order chi connectivity index (χ1) is 6.63. The van der Waals surface area contributed by atoms with Crippen LogP contribution in [0.2, 0.25) is 0 Å². The van der Waals surface area contributed by atoms with Gasteiger partial charge in [-0.2, -0.15) is 0 Å². The third-order valence-corrected chi connectivity index (χ3v) is 1.90. The number of nitrogens with two attached hydrogens (primary N) is 1. The molecule has 0 saturated carbocycles. The van der Waals surface area contributed by atoms with Crippen LogP contribution in [0.3, 0.4) is 0 Å². The van der Waals surface area contributed by atoms with Crippen LogP contribution in [0.25, 0.3) is 6.08 Å². The van der Waals surface area contributed by atoms with E-state index in [1.165, 1.54) is 6.08 Å². The lowest BCUT2D eigenvalue weighted by atomic mass is 10.1. The number of rotatable bonds is 3. The monoisotopic (exact) mass is 191 g/mol. The van der Waals surface area contributed by atoms with E-state index in [0.29, 0.717) is 0 Å². The molecule has 74 valence electrons. The minimum Gasteiger partial charge on any atom is -0.497 e. The molecule has 1 amide bonds. The zero-order valence-electron chi connectivity index (χ0n) is 8.28. The lowest BCUT2D eigenvalue weighted by Crippen LogP contribution is -2.05. The molecule has 2 N–H and O–H groups in total. The molecule has 0 saturated heterocycles. The van der Waals surface area contributed by atoms with Crippen molar-refractivity contribution in [2.45, 2.75) is 6.92 Å². The van der Waals surface area contributed by atoms with Crippen LogP contribution in [0.15, 0.2) is 24.3 Å². The second-order valence-electron chi connectivity index (χ2n) is 2.96. The summed E-state index contributed by atoms with van der Waals surface area (Å²) in [5.74, 6) is 0.360. The Labute approximate surface area is 83.2 Å². The molecule has 1 rings (SSSR count). The number of aryl methyl sites for hydroxylation is 1. The first kappa shape index (κ1) is 10.3. The molecule has 0 aliphatic heterocycles. The summed E-state index contributed by atoms with van der Waals surface area (Å²) in [6, 6.07) is 5.63. The Morgan fingerprint density at radius 1 is 1.50 bits per heavy atom. The van der Waals surface area contributed by atoms with E-state index in [4.69, 9.17) is 10.5 Å². The number of hydrogen-bond donors (Lipinski definition) is 1.